The summed E-state index contributed by atoms with van der Waals surface area (Å²) in [6.45, 7) is 2.80. The van der Waals surface area contributed by atoms with E-state index in [4.69, 9.17) is 9.68 Å². The van der Waals surface area contributed by atoms with Gasteiger partial charge < -0.3 is 9.73 Å². The number of aromatic nitrogens is 3. The van der Waals surface area contributed by atoms with Crippen molar-refractivity contribution < 1.29 is 9.21 Å². The van der Waals surface area contributed by atoms with E-state index in [2.05, 4.69) is 28.5 Å². The zero-order chi connectivity index (χ0) is 17.6. The summed E-state index contributed by atoms with van der Waals surface area (Å²) < 4.78 is 7.35. The lowest BCUT2D eigenvalue weighted by Gasteiger charge is -2.07. The predicted molar refractivity (Wildman–Crippen MR) is 96.4 cm³/mol. The molecule has 9 heteroatoms. The number of anilines is 1. The number of amides is 1. The number of hydrogen-bond acceptors (Lipinski definition) is 7. The molecule has 25 heavy (non-hydrogen) atoms. The molecule has 1 N–H and O–H groups in total. The van der Waals surface area contributed by atoms with Gasteiger partial charge in [0.2, 0.25) is 5.91 Å². The van der Waals surface area contributed by atoms with Crippen LogP contribution in [0.15, 0.2) is 39.4 Å². The zero-order valence-electron chi connectivity index (χ0n) is 13.4. The van der Waals surface area contributed by atoms with Crippen LogP contribution in [0.4, 0.5) is 5.00 Å². The van der Waals surface area contributed by atoms with E-state index in [-0.39, 0.29) is 11.7 Å². The van der Waals surface area contributed by atoms with Crippen molar-refractivity contribution in [3.05, 3.63) is 35.4 Å². The lowest BCUT2D eigenvalue weighted by atomic mass is 10.3. The first-order valence-electron chi connectivity index (χ1n) is 7.60. The molecule has 0 aromatic carbocycles. The lowest BCUT2D eigenvalue weighted by molar-refractivity contribution is -0.113. The standard InChI is InChI=1S/C16H15N5O2S2/c1-2-6-21-14(12-4-3-7-23-12)19-20-16(21)25-10-13(22)18-15-11(9-17)5-8-24-15/h3-5,7-8H,2,6,10H2,1H3,(H,18,22). The minimum Gasteiger partial charge on any atom is -0.461 e. The van der Waals surface area contributed by atoms with Crippen LogP contribution in [0.5, 0.6) is 0 Å². The summed E-state index contributed by atoms with van der Waals surface area (Å²) >= 11 is 2.63. The summed E-state index contributed by atoms with van der Waals surface area (Å²) in [5.41, 5.74) is 0.470. The van der Waals surface area contributed by atoms with Crippen LogP contribution < -0.4 is 5.32 Å². The van der Waals surface area contributed by atoms with Gasteiger partial charge in [-0.15, -0.1) is 21.5 Å². The van der Waals surface area contributed by atoms with E-state index in [0.29, 0.717) is 27.3 Å². The van der Waals surface area contributed by atoms with E-state index >= 15 is 0 Å². The number of thioether (sulfide) groups is 1. The Morgan fingerprint density at radius 2 is 2.36 bits per heavy atom. The van der Waals surface area contributed by atoms with Gasteiger partial charge in [0.15, 0.2) is 16.7 Å². The van der Waals surface area contributed by atoms with Crippen molar-refractivity contribution in [3.8, 4) is 17.7 Å². The molecule has 0 fully saturated rings. The van der Waals surface area contributed by atoms with Gasteiger partial charge in [0.05, 0.1) is 17.6 Å². The summed E-state index contributed by atoms with van der Waals surface area (Å²) in [4.78, 5) is 12.1. The van der Waals surface area contributed by atoms with Crippen molar-refractivity contribution in [2.75, 3.05) is 11.1 Å². The molecule has 0 bridgehead atoms. The Morgan fingerprint density at radius 3 is 3.08 bits per heavy atom. The summed E-state index contributed by atoms with van der Waals surface area (Å²) in [7, 11) is 0. The van der Waals surface area contributed by atoms with E-state index in [1.54, 1.807) is 23.8 Å². The Balaban J connectivity index is 1.69. The first-order chi connectivity index (χ1) is 12.2. The van der Waals surface area contributed by atoms with Crippen molar-refractivity contribution in [1.82, 2.24) is 14.8 Å². The van der Waals surface area contributed by atoms with Crippen LogP contribution >= 0.6 is 23.1 Å². The minimum absolute atomic E-state index is 0.183. The number of carbonyl (C=O) groups is 1. The highest BCUT2D eigenvalue weighted by molar-refractivity contribution is 7.99. The van der Waals surface area contributed by atoms with E-state index < -0.39 is 0 Å². The number of thiophene rings is 1. The maximum absolute atomic E-state index is 12.1. The topological polar surface area (TPSA) is 96.7 Å². The van der Waals surface area contributed by atoms with Crippen LogP contribution in [0.2, 0.25) is 0 Å². The number of nitriles is 1. The van der Waals surface area contributed by atoms with Gasteiger partial charge >= 0.3 is 0 Å². The van der Waals surface area contributed by atoms with Gasteiger partial charge in [-0.2, -0.15) is 5.26 Å². The number of carbonyl (C=O) groups excluding carboxylic acids is 1. The highest BCUT2D eigenvalue weighted by Crippen LogP contribution is 2.26. The molecular weight excluding hydrogens is 358 g/mol. The molecule has 0 aliphatic rings. The molecule has 0 unspecified atom stereocenters. The average Bonchev–Trinajstić information content (AvgIpc) is 3.34. The van der Waals surface area contributed by atoms with Crippen LogP contribution in [0, 0.1) is 11.3 Å². The molecule has 128 valence electrons. The summed E-state index contributed by atoms with van der Waals surface area (Å²) in [6.07, 6.45) is 2.50. The SMILES string of the molecule is CCCn1c(SCC(=O)Nc2sccc2C#N)nnc1-c1ccco1. The highest BCUT2D eigenvalue weighted by Gasteiger charge is 2.17. The molecule has 3 aromatic heterocycles. The summed E-state index contributed by atoms with van der Waals surface area (Å²) in [6, 6.07) is 7.36. The van der Waals surface area contributed by atoms with Crippen molar-refractivity contribution >= 4 is 34.0 Å². The fraction of sp³-hybridized carbons (Fsp3) is 0.250. The van der Waals surface area contributed by atoms with Crippen LogP contribution in [0.25, 0.3) is 11.6 Å². The van der Waals surface area contributed by atoms with Crippen LogP contribution in [0.3, 0.4) is 0 Å². The number of nitrogens with zero attached hydrogens (tertiary/aromatic N) is 4. The zero-order valence-corrected chi connectivity index (χ0v) is 15.1. The molecule has 0 saturated heterocycles. The lowest BCUT2D eigenvalue weighted by Crippen LogP contribution is -2.14. The van der Waals surface area contributed by atoms with Crippen molar-refractivity contribution in [2.45, 2.75) is 25.0 Å². The molecule has 3 rings (SSSR count). The third kappa shape index (κ3) is 3.92. The van der Waals surface area contributed by atoms with Gasteiger partial charge in [0.1, 0.15) is 11.1 Å². The van der Waals surface area contributed by atoms with Crippen LogP contribution in [-0.2, 0) is 11.3 Å². The summed E-state index contributed by atoms with van der Waals surface area (Å²) in [5.74, 6) is 1.30. The molecule has 3 aromatic rings. The molecule has 0 atom stereocenters. The minimum atomic E-state index is -0.186. The van der Waals surface area contributed by atoms with Gasteiger partial charge in [-0.1, -0.05) is 18.7 Å². The van der Waals surface area contributed by atoms with Gasteiger partial charge in [-0.25, -0.2) is 0 Å². The monoisotopic (exact) mass is 373 g/mol. The number of furan rings is 1. The molecule has 0 saturated carbocycles. The molecule has 0 radical (unpaired) electrons. The molecule has 3 heterocycles. The molecule has 0 aliphatic heterocycles. The fourth-order valence-corrected chi connectivity index (χ4v) is 3.71. The van der Waals surface area contributed by atoms with Crippen molar-refractivity contribution in [1.29, 1.82) is 5.26 Å². The number of rotatable bonds is 7. The predicted octanol–water partition coefficient (Wildman–Crippen LogP) is 3.61. The molecular formula is C16H15N5O2S2. The first kappa shape index (κ1) is 17.3. The number of hydrogen-bond donors (Lipinski definition) is 1. The Hall–Kier alpha value is -2.57. The van der Waals surface area contributed by atoms with Gasteiger partial charge in [-0.05, 0) is 30.0 Å². The van der Waals surface area contributed by atoms with E-state index in [1.807, 2.05) is 10.6 Å². The normalized spacial score (nSPS) is 10.6. The number of nitrogens with one attached hydrogen (secondary N) is 1. The van der Waals surface area contributed by atoms with E-state index in [0.717, 1.165) is 13.0 Å². The quantitative estimate of drug-likeness (QED) is 0.636. The van der Waals surface area contributed by atoms with E-state index in [1.165, 1.54) is 23.1 Å². The second-order valence-corrected chi connectivity index (χ2v) is 6.91. The average molecular weight is 373 g/mol. The molecule has 0 aliphatic carbocycles. The largest absolute Gasteiger partial charge is 0.461 e. The molecule has 1 amide bonds. The maximum atomic E-state index is 12.1. The van der Waals surface area contributed by atoms with Crippen LogP contribution in [0.1, 0.15) is 18.9 Å². The van der Waals surface area contributed by atoms with Gasteiger partial charge in [0.25, 0.3) is 0 Å². The second-order valence-electron chi connectivity index (χ2n) is 5.05. The smallest absolute Gasteiger partial charge is 0.235 e. The molecule has 7 nitrogen and oxygen atoms in total. The third-order valence-electron chi connectivity index (χ3n) is 3.28. The van der Waals surface area contributed by atoms with Crippen molar-refractivity contribution in [3.63, 3.8) is 0 Å². The Kier molecular flexibility index (Phi) is 5.53. The van der Waals surface area contributed by atoms with Gasteiger partial charge in [0, 0.05) is 6.54 Å². The second kappa shape index (κ2) is 8.00. The van der Waals surface area contributed by atoms with Crippen LogP contribution in [-0.4, -0.2) is 26.4 Å². The maximum Gasteiger partial charge on any atom is 0.235 e. The Bertz CT molecular complexity index is 892. The van der Waals surface area contributed by atoms with Crippen molar-refractivity contribution in [2.24, 2.45) is 0 Å². The van der Waals surface area contributed by atoms with E-state index in [9.17, 15) is 4.79 Å². The fourth-order valence-electron chi connectivity index (χ4n) is 2.20. The summed E-state index contributed by atoms with van der Waals surface area (Å²) in [5, 5.41) is 23.1. The Morgan fingerprint density at radius 1 is 1.48 bits per heavy atom. The van der Waals surface area contributed by atoms with Gasteiger partial charge in [-0.3, -0.25) is 9.36 Å². The first-order valence-corrected chi connectivity index (χ1v) is 9.46. The Labute approximate surface area is 152 Å². The third-order valence-corrected chi connectivity index (χ3v) is 5.07. The highest BCUT2D eigenvalue weighted by atomic mass is 32.2. The molecule has 0 spiro atoms.